The van der Waals surface area contributed by atoms with Gasteiger partial charge in [-0.05, 0) is 35.9 Å². The zero-order valence-corrected chi connectivity index (χ0v) is 10.1. The third-order valence-electron chi connectivity index (χ3n) is 2.41. The van der Waals surface area contributed by atoms with Crippen LogP contribution in [-0.4, -0.2) is 0 Å². The summed E-state index contributed by atoms with van der Waals surface area (Å²) >= 11 is 0. The van der Waals surface area contributed by atoms with Crippen molar-refractivity contribution < 1.29 is 4.74 Å². The minimum Gasteiger partial charge on any atom is -0.457 e. The molecular formula is C16H10N2O. The van der Waals surface area contributed by atoms with Crippen molar-refractivity contribution in [2.45, 2.75) is 0 Å². The number of nitrogens with zero attached hydrogens (tertiary/aromatic N) is 2. The fourth-order valence-electron chi connectivity index (χ4n) is 1.51. The Hall–Kier alpha value is -3.04. The fourth-order valence-corrected chi connectivity index (χ4v) is 1.51. The van der Waals surface area contributed by atoms with Crippen LogP contribution in [-0.2, 0) is 0 Å². The first-order chi connectivity index (χ1) is 9.31. The molecule has 3 heteroatoms. The summed E-state index contributed by atoms with van der Waals surface area (Å²) in [6.45, 7) is 0. The number of allylic oxidation sites excluding steroid dienone is 1. The average Bonchev–Trinajstić information content (AvgIpc) is 2.47. The lowest BCUT2D eigenvalue weighted by Crippen LogP contribution is -1.83. The SMILES string of the molecule is N#CC(C#N)=Cc1ccc(Oc2ccccc2)cc1. The van der Waals surface area contributed by atoms with E-state index in [1.807, 2.05) is 42.5 Å². The van der Waals surface area contributed by atoms with Gasteiger partial charge in [-0.1, -0.05) is 30.3 Å². The Morgan fingerprint density at radius 1 is 0.842 bits per heavy atom. The van der Waals surface area contributed by atoms with Crippen LogP contribution in [0.25, 0.3) is 6.08 Å². The van der Waals surface area contributed by atoms with Crippen molar-refractivity contribution in [2.75, 3.05) is 0 Å². The van der Waals surface area contributed by atoms with E-state index in [1.165, 1.54) is 6.08 Å². The lowest BCUT2D eigenvalue weighted by Gasteiger charge is -2.05. The van der Waals surface area contributed by atoms with Crippen LogP contribution in [0.2, 0.25) is 0 Å². The minimum absolute atomic E-state index is 0.0803. The smallest absolute Gasteiger partial charge is 0.130 e. The van der Waals surface area contributed by atoms with Gasteiger partial charge in [-0.25, -0.2) is 0 Å². The summed E-state index contributed by atoms with van der Waals surface area (Å²) in [6, 6.07) is 20.3. The van der Waals surface area contributed by atoms with Crippen LogP contribution in [0.1, 0.15) is 5.56 Å². The molecule has 0 aliphatic rings. The largest absolute Gasteiger partial charge is 0.457 e. The van der Waals surface area contributed by atoms with Crippen LogP contribution in [0.5, 0.6) is 11.5 Å². The fraction of sp³-hybridized carbons (Fsp3) is 0. The van der Waals surface area contributed by atoms with Crippen molar-refractivity contribution in [1.82, 2.24) is 0 Å². The Kier molecular flexibility index (Phi) is 3.95. The lowest BCUT2D eigenvalue weighted by molar-refractivity contribution is 0.482. The molecule has 0 aliphatic carbocycles. The highest BCUT2D eigenvalue weighted by atomic mass is 16.5. The third-order valence-corrected chi connectivity index (χ3v) is 2.41. The van der Waals surface area contributed by atoms with E-state index in [9.17, 15) is 0 Å². The summed E-state index contributed by atoms with van der Waals surface area (Å²) in [7, 11) is 0. The van der Waals surface area contributed by atoms with E-state index in [0.717, 1.165) is 11.3 Å². The highest BCUT2D eigenvalue weighted by molar-refractivity contribution is 5.62. The molecular weight excluding hydrogens is 236 g/mol. The molecule has 2 aromatic rings. The van der Waals surface area contributed by atoms with E-state index in [0.29, 0.717) is 5.75 Å². The van der Waals surface area contributed by atoms with Crippen LogP contribution in [0.3, 0.4) is 0 Å². The van der Waals surface area contributed by atoms with Crippen molar-refractivity contribution in [1.29, 1.82) is 10.5 Å². The van der Waals surface area contributed by atoms with Gasteiger partial charge in [-0.2, -0.15) is 10.5 Å². The maximum atomic E-state index is 8.67. The van der Waals surface area contributed by atoms with Gasteiger partial charge in [0.15, 0.2) is 0 Å². The number of hydrogen-bond acceptors (Lipinski definition) is 3. The molecule has 2 aromatic carbocycles. The van der Waals surface area contributed by atoms with E-state index in [2.05, 4.69) is 0 Å². The minimum atomic E-state index is 0.0803. The first-order valence-corrected chi connectivity index (χ1v) is 5.66. The van der Waals surface area contributed by atoms with Crippen LogP contribution < -0.4 is 4.74 Å². The molecule has 0 aromatic heterocycles. The predicted molar refractivity (Wildman–Crippen MR) is 72.2 cm³/mol. The Morgan fingerprint density at radius 3 is 2.00 bits per heavy atom. The zero-order valence-electron chi connectivity index (χ0n) is 10.1. The molecule has 0 amide bonds. The van der Waals surface area contributed by atoms with Crippen molar-refractivity contribution >= 4 is 6.08 Å². The topological polar surface area (TPSA) is 56.8 Å². The predicted octanol–water partition coefficient (Wildman–Crippen LogP) is 3.91. The van der Waals surface area contributed by atoms with Gasteiger partial charge in [-0.3, -0.25) is 0 Å². The van der Waals surface area contributed by atoms with Crippen LogP contribution in [0, 0.1) is 22.7 Å². The van der Waals surface area contributed by atoms with Gasteiger partial charge in [0.05, 0.1) is 0 Å². The molecule has 0 spiro atoms. The Morgan fingerprint density at radius 2 is 1.42 bits per heavy atom. The molecule has 0 aliphatic heterocycles. The monoisotopic (exact) mass is 246 g/mol. The van der Waals surface area contributed by atoms with E-state index in [4.69, 9.17) is 15.3 Å². The number of ether oxygens (including phenoxy) is 1. The summed E-state index contributed by atoms with van der Waals surface area (Å²) in [4.78, 5) is 0. The molecule has 0 fully saturated rings. The van der Waals surface area contributed by atoms with Gasteiger partial charge in [-0.15, -0.1) is 0 Å². The standard InChI is InChI=1S/C16H10N2O/c17-11-14(12-18)10-13-6-8-16(9-7-13)19-15-4-2-1-3-5-15/h1-10H. The number of benzene rings is 2. The van der Waals surface area contributed by atoms with Gasteiger partial charge < -0.3 is 4.74 Å². The van der Waals surface area contributed by atoms with Crippen LogP contribution in [0.4, 0.5) is 0 Å². The Labute approximate surface area is 111 Å². The molecule has 19 heavy (non-hydrogen) atoms. The number of para-hydroxylation sites is 1. The van der Waals surface area contributed by atoms with Crippen molar-refractivity contribution in [3.8, 4) is 23.6 Å². The van der Waals surface area contributed by atoms with Gasteiger partial charge in [0.2, 0.25) is 0 Å². The second kappa shape index (κ2) is 6.05. The first-order valence-electron chi connectivity index (χ1n) is 5.66. The van der Waals surface area contributed by atoms with E-state index in [1.54, 1.807) is 24.3 Å². The van der Waals surface area contributed by atoms with Gasteiger partial charge in [0.1, 0.15) is 29.2 Å². The van der Waals surface area contributed by atoms with E-state index < -0.39 is 0 Å². The summed E-state index contributed by atoms with van der Waals surface area (Å²) in [5.41, 5.74) is 0.871. The normalized spacial score (nSPS) is 8.95. The molecule has 2 rings (SSSR count). The molecule has 0 radical (unpaired) electrons. The van der Waals surface area contributed by atoms with Crippen molar-refractivity contribution in [3.63, 3.8) is 0 Å². The molecule has 0 atom stereocenters. The van der Waals surface area contributed by atoms with Crippen molar-refractivity contribution in [3.05, 3.63) is 65.7 Å². The summed E-state index contributed by atoms with van der Waals surface area (Å²) in [6.07, 6.45) is 1.53. The third kappa shape index (κ3) is 3.46. The Balaban J connectivity index is 2.14. The van der Waals surface area contributed by atoms with E-state index >= 15 is 0 Å². The average molecular weight is 246 g/mol. The lowest BCUT2D eigenvalue weighted by atomic mass is 10.1. The number of nitriles is 2. The Bertz CT molecular complexity index is 643. The highest BCUT2D eigenvalue weighted by Gasteiger charge is 1.97. The molecule has 0 saturated carbocycles. The van der Waals surface area contributed by atoms with Crippen LogP contribution in [0.15, 0.2) is 60.2 Å². The quantitative estimate of drug-likeness (QED) is 0.771. The molecule has 0 bridgehead atoms. The van der Waals surface area contributed by atoms with Crippen LogP contribution >= 0.6 is 0 Å². The van der Waals surface area contributed by atoms with E-state index in [-0.39, 0.29) is 5.57 Å². The molecule has 3 nitrogen and oxygen atoms in total. The maximum Gasteiger partial charge on any atom is 0.130 e. The maximum absolute atomic E-state index is 8.67. The molecule has 0 saturated heterocycles. The molecule has 90 valence electrons. The van der Waals surface area contributed by atoms with Gasteiger partial charge in [0, 0.05) is 0 Å². The molecule has 0 N–H and O–H groups in total. The summed E-state index contributed by atoms with van der Waals surface area (Å²) in [5.74, 6) is 1.47. The van der Waals surface area contributed by atoms with Gasteiger partial charge in [0.25, 0.3) is 0 Å². The zero-order chi connectivity index (χ0) is 13.5. The molecule has 0 unspecified atom stereocenters. The summed E-state index contributed by atoms with van der Waals surface area (Å²) in [5, 5.41) is 17.3. The second-order valence-corrected chi connectivity index (χ2v) is 3.77. The van der Waals surface area contributed by atoms with Gasteiger partial charge >= 0.3 is 0 Å². The number of rotatable bonds is 3. The molecule has 0 heterocycles. The second-order valence-electron chi connectivity index (χ2n) is 3.77. The summed E-state index contributed by atoms with van der Waals surface area (Å²) < 4.78 is 5.64. The highest BCUT2D eigenvalue weighted by Crippen LogP contribution is 2.21. The first kappa shape index (κ1) is 12.4. The van der Waals surface area contributed by atoms with Crippen molar-refractivity contribution in [2.24, 2.45) is 0 Å². The number of hydrogen-bond donors (Lipinski definition) is 0.